The Morgan fingerprint density at radius 1 is 1.11 bits per heavy atom. The molecule has 8 nitrogen and oxygen atoms in total. The van der Waals surface area contributed by atoms with Gasteiger partial charge < -0.3 is 9.47 Å². The fourth-order valence-corrected chi connectivity index (χ4v) is 5.56. The van der Waals surface area contributed by atoms with Crippen molar-refractivity contribution in [2.45, 2.75) is 38.6 Å². The van der Waals surface area contributed by atoms with E-state index < -0.39 is 6.09 Å². The first-order valence-corrected chi connectivity index (χ1v) is 12.7. The van der Waals surface area contributed by atoms with Crippen molar-refractivity contribution in [3.05, 3.63) is 71.7 Å². The third-order valence-electron chi connectivity index (χ3n) is 7.42. The highest BCUT2D eigenvalue weighted by Crippen LogP contribution is 2.42. The molecular weight excluding hydrogens is 468 g/mol. The molecule has 0 saturated carbocycles. The molecular formula is C29H32N4O4. The van der Waals surface area contributed by atoms with Gasteiger partial charge in [-0.15, -0.1) is 0 Å². The highest BCUT2D eigenvalue weighted by molar-refractivity contribution is 5.96. The fraction of sp³-hybridized carbons (Fsp3) is 0.379. The number of fused-ring (bicyclic) bond motifs is 3. The van der Waals surface area contributed by atoms with Crippen LogP contribution >= 0.6 is 0 Å². The molecule has 3 aliphatic heterocycles. The summed E-state index contributed by atoms with van der Waals surface area (Å²) in [6.07, 6.45) is 1.54. The van der Waals surface area contributed by atoms with Gasteiger partial charge in [0.05, 0.1) is 12.8 Å². The third-order valence-corrected chi connectivity index (χ3v) is 7.42. The molecule has 3 aromatic rings. The van der Waals surface area contributed by atoms with E-state index in [-0.39, 0.29) is 11.8 Å². The molecule has 1 unspecified atom stereocenters. The molecule has 37 heavy (non-hydrogen) atoms. The van der Waals surface area contributed by atoms with Crippen molar-refractivity contribution in [2.75, 3.05) is 32.1 Å². The number of hydrogen-bond donors (Lipinski definition) is 1. The number of piperidine rings is 3. The summed E-state index contributed by atoms with van der Waals surface area (Å²) in [6.45, 7) is 5.63. The van der Waals surface area contributed by atoms with Gasteiger partial charge >= 0.3 is 6.09 Å². The van der Waals surface area contributed by atoms with Crippen LogP contribution in [-0.4, -0.2) is 59.6 Å². The number of anilines is 1. The third kappa shape index (κ3) is 5.49. The monoisotopic (exact) mass is 500 g/mol. The summed E-state index contributed by atoms with van der Waals surface area (Å²) in [5, 5.41) is 2.73. The summed E-state index contributed by atoms with van der Waals surface area (Å²) < 4.78 is 11.1. The molecule has 0 spiro atoms. The van der Waals surface area contributed by atoms with Crippen molar-refractivity contribution in [2.24, 2.45) is 5.92 Å². The molecule has 2 bridgehead atoms. The number of aromatic nitrogens is 2. The highest BCUT2D eigenvalue weighted by atomic mass is 16.5. The van der Waals surface area contributed by atoms with Gasteiger partial charge in [0.1, 0.15) is 18.2 Å². The molecule has 8 heteroatoms. The molecule has 0 radical (unpaired) electrons. The van der Waals surface area contributed by atoms with Crippen molar-refractivity contribution < 1.29 is 19.1 Å². The maximum Gasteiger partial charge on any atom is 0.411 e. The SMILES string of the molecule is COc1ccccc1-c1cc([C@H]2CN3CC[C@H]2C[C@@H]3COC(=O)Nc2cccc(C(C)=O)c2)nc(C)n1. The number of nitrogens with zero attached hydrogens (tertiary/aromatic N) is 3. The fourth-order valence-electron chi connectivity index (χ4n) is 5.56. The van der Waals surface area contributed by atoms with E-state index in [4.69, 9.17) is 19.4 Å². The first-order valence-electron chi connectivity index (χ1n) is 12.7. The molecule has 1 aromatic heterocycles. The van der Waals surface area contributed by atoms with E-state index in [0.29, 0.717) is 29.7 Å². The minimum atomic E-state index is -0.507. The zero-order chi connectivity index (χ0) is 25.9. The zero-order valence-corrected chi connectivity index (χ0v) is 21.4. The first kappa shape index (κ1) is 24.9. The predicted octanol–water partition coefficient (Wildman–Crippen LogP) is 5.09. The Kier molecular flexibility index (Phi) is 7.19. The summed E-state index contributed by atoms with van der Waals surface area (Å²) >= 11 is 0. The number of ketones is 1. The van der Waals surface area contributed by atoms with Gasteiger partial charge in [0, 0.05) is 41.0 Å². The number of amides is 1. The van der Waals surface area contributed by atoms with Gasteiger partial charge in [0.25, 0.3) is 0 Å². The van der Waals surface area contributed by atoms with Crippen molar-refractivity contribution >= 4 is 17.6 Å². The average molecular weight is 501 g/mol. The molecule has 6 rings (SSSR count). The van der Waals surface area contributed by atoms with E-state index in [9.17, 15) is 9.59 Å². The number of para-hydroxylation sites is 1. The van der Waals surface area contributed by atoms with E-state index in [1.807, 2.05) is 31.2 Å². The molecule has 4 atom stereocenters. The average Bonchev–Trinajstić information content (AvgIpc) is 2.92. The maximum atomic E-state index is 12.4. The quantitative estimate of drug-likeness (QED) is 0.452. The molecule has 192 valence electrons. The van der Waals surface area contributed by atoms with Crippen LogP contribution in [0, 0.1) is 12.8 Å². The summed E-state index contributed by atoms with van der Waals surface area (Å²) in [5.74, 6) is 2.27. The van der Waals surface area contributed by atoms with Crippen molar-refractivity contribution in [3.8, 4) is 17.0 Å². The lowest BCUT2D eigenvalue weighted by molar-refractivity contribution is -0.00151. The van der Waals surface area contributed by atoms with Crippen LogP contribution in [0.2, 0.25) is 0 Å². The van der Waals surface area contributed by atoms with Crippen molar-refractivity contribution in [1.82, 2.24) is 14.9 Å². The molecule has 3 saturated heterocycles. The number of ether oxygens (including phenoxy) is 2. The number of hydrogen-bond acceptors (Lipinski definition) is 7. The first-order chi connectivity index (χ1) is 17.9. The molecule has 1 amide bonds. The normalized spacial score (nSPS) is 22.4. The Hall–Kier alpha value is -3.78. The van der Waals surface area contributed by atoms with Crippen molar-refractivity contribution in [1.29, 1.82) is 0 Å². The van der Waals surface area contributed by atoms with Crippen LogP contribution in [0.5, 0.6) is 5.75 Å². The summed E-state index contributed by atoms with van der Waals surface area (Å²) in [6, 6.07) is 17.1. The molecule has 1 N–H and O–H groups in total. The lowest BCUT2D eigenvalue weighted by Gasteiger charge is -2.49. The maximum absolute atomic E-state index is 12.4. The Bertz CT molecular complexity index is 1310. The van der Waals surface area contributed by atoms with Gasteiger partial charge in [-0.05, 0) is 69.5 Å². The highest BCUT2D eigenvalue weighted by Gasteiger charge is 2.42. The van der Waals surface area contributed by atoms with Gasteiger partial charge in [-0.25, -0.2) is 14.8 Å². The second-order valence-corrected chi connectivity index (χ2v) is 9.83. The molecule has 0 aliphatic carbocycles. The van der Waals surface area contributed by atoms with E-state index in [1.165, 1.54) is 6.92 Å². The standard InChI is InChI=1S/C29H32N4O4/c1-18(34)20-7-6-8-22(13-20)32-29(35)37-17-23-14-21-11-12-33(23)16-25(21)27-15-26(30-19(2)31-27)24-9-4-5-10-28(24)36-3/h4-10,13,15,21,23,25H,11-12,14,16-17H2,1-3H3,(H,32,35)/t21-,23+,25-/m0/s1. The Morgan fingerprint density at radius 2 is 1.95 bits per heavy atom. The minimum Gasteiger partial charge on any atom is -0.496 e. The van der Waals surface area contributed by atoms with E-state index in [0.717, 1.165) is 54.5 Å². The topological polar surface area (TPSA) is 93.7 Å². The molecule has 4 heterocycles. The summed E-state index contributed by atoms with van der Waals surface area (Å²) in [5.41, 5.74) is 4.00. The Morgan fingerprint density at radius 3 is 2.70 bits per heavy atom. The molecule has 2 aromatic carbocycles. The smallest absolute Gasteiger partial charge is 0.411 e. The number of methoxy groups -OCH3 is 1. The zero-order valence-electron chi connectivity index (χ0n) is 21.4. The van der Waals surface area contributed by atoms with Gasteiger partial charge in [-0.3, -0.25) is 15.0 Å². The van der Waals surface area contributed by atoms with Gasteiger partial charge in [-0.2, -0.15) is 0 Å². The van der Waals surface area contributed by atoms with Crippen LogP contribution < -0.4 is 10.1 Å². The van der Waals surface area contributed by atoms with Crippen LogP contribution in [0.1, 0.15) is 47.6 Å². The molecule has 3 aliphatic rings. The van der Waals surface area contributed by atoms with Gasteiger partial charge in [-0.1, -0.05) is 24.3 Å². The number of aryl methyl sites for hydroxylation is 1. The number of Topliss-reactive ketones (excluding diaryl/α,β-unsaturated/α-hetero) is 1. The number of carbonyl (C=O) groups excluding carboxylic acids is 2. The largest absolute Gasteiger partial charge is 0.496 e. The summed E-state index contributed by atoms with van der Waals surface area (Å²) in [7, 11) is 1.67. The van der Waals surface area contributed by atoms with Crippen LogP contribution in [0.15, 0.2) is 54.6 Å². The van der Waals surface area contributed by atoms with Crippen LogP contribution in [0.4, 0.5) is 10.5 Å². The summed E-state index contributed by atoms with van der Waals surface area (Å²) in [4.78, 5) is 36.0. The van der Waals surface area contributed by atoms with Gasteiger partial charge in [0.15, 0.2) is 5.78 Å². The second-order valence-electron chi connectivity index (χ2n) is 9.83. The van der Waals surface area contributed by atoms with Crippen molar-refractivity contribution in [3.63, 3.8) is 0 Å². The van der Waals surface area contributed by atoms with Crippen LogP contribution in [0.3, 0.4) is 0 Å². The van der Waals surface area contributed by atoms with E-state index in [1.54, 1.807) is 31.4 Å². The molecule has 3 fully saturated rings. The van der Waals surface area contributed by atoms with Crippen LogP contribution in [0.25, 0.3) is 11.3 Å². The lowest BCUT2D eigenvalue weighted by Crippen LogP contribution is -2.54. The second kappa shape index (κ2) is 10.7. The minimum absolute atomic E-state index is 0.0495. The number of benzene rings is 2. The number of rotatable bonds is 7. The lowest BCUT2D eigenvalue weighted by atomic mass is 9.74. The number of carbonyl (C=O) groups is 2. The Balaban J connectivity index is 1.23. The van der Waals surface area contributed by atoms with E-state index >= 15 is 0 Å². The van der Waals surface area contributed by atoms with Gasteiger partial charge in [0.2, 0.25) is 0 Å². The number of nitrogens with one attached hydrogen (secondary N) is 1. The van der Waals surface area contributed by atoms with E-state index in [2.05, 4.69) is 16.3 Å². The Labute approximate surface area is 217 Å². The van der Waals surface area contributed by atoms with Crippen LogP contribution in [-0.2, 0) is 4.74 Å². The predicted molar refractivity (Wildman–Crippen MR) is 141 cm³/mol.